The highest BCUT2D eigenvalue weighted by Crippen LogP contribution is 2.19. The highest BCUT2D eigenvalue weighted by molar-refractivity contribution is 6.31. The van der Waals surface area contributed by atoms with E-state index >= 15 is 0 Å². The van der Waals surface area contributed by atoms with E-state index in [1.165, 1.54) is 30.3 Å². The second-order valence-corrected chi connectivity index (χ2v) is 6.97. The summed E-state index contributed by atoms with van der Waals surface area (Å²) in [6.07, 6.45) is 0. The van der Waals surface area contributed by atoms with Gasteiger partial charge in [0.05, 0.1) is 17.6 Å². The van der Waals surface area contributed by atoms with Crippen LogP contribution in [0.1, 0.15) is 17.2 Å². The van der Waals surface area contributed by atoms with E-state index in [-0.39, 0.29) is 18.3 Å². The maximum absolute atomic E-state index is 14.2. The van der Waals surface area contributed by atoms with Crippen LogP contribution >= 0.6 is 11.6 Å². The summed E-state index contributed by atoms with van der Waals surface area (Å²) in [5.41, 5.74) is 1.63. The highest BCUT2D eigenvalue weighted by atomic mass is 35.5. The molecule has 3 aromatic carbocycles. The molecule has 3 aromatic rings. The highest BCUT2D eigenvalue weighted by Gasteiger charge is 2.30. The molecule has 2 atom stereocenters. The van der Waals surface area contributed by atoms with E-state index in [0.717, 1.165) is 10.5 Å². The lowest BCUT2D eigenvalue weighted by Crippen LogP contribution is -3.09. The van der Waals surface area contributed by atoms with E-state index in [2.05, 4.69) is 5.32 Å². The number of rotatable bonds is 6. The SMILES string of the molecule is C[NH+](Cc1c(F)cccc1Cl)[C@H](C(=O)Nc1ccc(F)cc1)c1ccccc1. The Morgan fingerprint density at radius 3 is 2.32 bits per heavy atom. The Hall–Kier alpha value is -2.76. The van der Waals surface area contributed by atoms with Crippen LogP contribution in [0, 0.1) is 11.6 Å². The van der Waals surface area contributed by atoms with Gasteiger partial charge in [0.1, 0.15) is 18.2 Å². The topological polar surface area (TPSA) is 33.5 Å². The first-order chi connectivity index (χ1) is 13.5. The molecule has 0 bridgehead atoms. The summed E-state index contributed by atoms with van der Waals surface area (Å²) in [5.74, 6) is -1.06. The average Bonchev–Trinajstić information content (AvgIpc) is 2.68. The molecular formula is C22H20ClF2N2O+. The standard InChI is InChI=1S/C22H19ClF2N2O/c1-27(14-18-19(23)8-5-9-20(18)25)21(15-6-3-2-4-7-15)22(28)26-17-12-10-16(24)11-13-17/h2-13,21H,14H2,1H3,(H,26,28)/p+1/t21-/m0/s1. The number of halogens is 3. The molecule has 0 fully saturated rings. The molecule has 6 heteroatoms. The van der Waals surface area contributed by atoms with Crippen LogP contribution in [-0.4, -0.2) is 13.0 Å². The molecule has 2 N–H and O–H groups in total. The van der Waals surface area contributed by atoms with Gasteiger partial charge in [0, 0.05) is 11.3 Å². The van der Waals surface area contributed by atoms with E-state index < -0.39 is 11.9 Å². The minimum absolute atomic E-state index is 0.224. The molecule has 0 aliphatic carbocycles. The van der Waals surface area contributed by atoms with Crippen molar-refractivity contribution < 1.29 is 18.5 Å². The average molecular weight is 402 g/mol. The lowest BCUT2D eigenvalue weighted by molar-refractivity contribution is -0.916. The van der Waals surface area contributed by atoms with Gasteiger partial charge in [0.2, 0.25) is 0 Å². The molecule has 0 spiro atoms. The summed E-state index contributed by atoms with van der Waals surface area (Å²) in [5, 5.41) is 3.13. The van der Waals surface area contributed by atoms with E-state index in [0.29, 0.717) is 16.3 Å². The Labute approximate surface area is 167 Å². The van der Waals surface area contributed by atoms with Crippen LogP contribution in [0.3, 0.4) is 0 Å². The van der Waals surface area contributed by atoms with Crippen molar-refractivity contribution in [2.24, 2.45) is 0 Å². The van der Waals surface area contributed by atoms with E-state index in [1.54, 1.807) is 12.1 Å². The van der Waals surface area contributed by atoms with Gasteiger partial charge in [0.25, 0.3) is 5.91 Å². The Balaban J connectivity index is 1.88. The summed E-state index contributed by atoms with van der Waals surface area (Å²) >= 11 is 6.16. The number of hydrogen-bond donors (Lipinski definition) is 2. The lowest BCUT2D eigenvalue weighted by atomic mass is 10.0. The summed E-state index contributed by atoms with van der Waals surface area (Å²) in [6, 6.07) is 18.7. The third-order valence-electron chi connectivity index (χ3n) is 4.52. The number of carbonyl (C=O) groups is 1. The van der Waals surface area contributed by atoms with Crippen LogP contribution in [-0.2, 0) is 11.3 Å². The smallest absolute Gasteiger partial charge is 0.287 e. The number of quaternary nitrogens is 1. The van der Waals surface area contributed by atoms with Crippen LogP contribution < -0.4 is 10.2 Å². The fourth-order valence-corrected chi connectivity index (χ4v) is 3.36. The predicted octanol–water partition coefficient (Wildman–Crippen LogP) is 4.01. The number of carbonyl (C=O) groups excluding carboxylic acids is 1. The van der Waals surface area contributed by atoms with Crippen molar-refractivity contribution in [3.8, 4) is 0 Å². The van der Waals surface area contributed by atoms with Gasteiger partial charge < -0.3 is 10.2 Å². The van der Waals surface area contributed by atoms with Crippen molar-refractivity contribution in [2.75, 3.05) is 12.4 Å². The second kappa shape index (κ2) is 8.95. The summed E-state index contributed by atoms with van der Waals surface area (Å²) in [6.45, 7) is 0.224. The van der Waals surface area contributed by atoms with Crippen LogP contribution in [0.25, 0.3) is 0 Å². The van der Waals surface area contributed by atoms with Crippen molar-refractivity contribution in [3.05, 3.63) is 101 Å². The first kappa shape index (κ1) is 20.0. The molecule has 0 saturated heterocycles. The van der Waals surface area contributed by atoms with E-state index in [4.69, 9.17) is 11.6 Å². The number of anilines is 1. The monoisotopic (exact) mass is 401 g/mol. The summed E-state index contributed by atoms with van der Waals surface area (Å²) < 4.78 is 27.4. The van der Waals surface area contributed by atoms with E-state index in [9.17, 15) is 13.6 Å². The Morgan fingerprint density at radius 1 is 1.00 bits per heavy atom. The van der Waals surface area contributed by atoms with Gasteiger partial charge in [-0.05, 0) is 36.4 Å². The molecule has 3 rings (SSSR count). The molecule has 0 radical (unpaired) electrons. The van der Waals surface area contributed by atoms with Gasteiger partial charge in [-0.3, -0.25) is 4.79 Å². The maximum Gasteiger partial charge on any atom is 0.287 e. The van der Waals surface area contributed by atoms with Crippen LogP contribution in [0.5, 0.6) is 0 Å². The number of amides is 1. The molecule has 0 aliphatic heterocycles. The normalized spacial score (nSPS) is 13.0. The maximum atomic E-state index is 14.2. The summed E-state index contributed by atoms with van der Waals surface area (Å²) in [7, 11) is 1.81. The first-order valence-corrected chi connectivity index (χ1v) is 9.20. The van der Waals surface area contributed by atoms with Crippen molar-refractivity contribution >= 4 is 23.2 Å². The minimum atomic E-state index is -0.609. The predicted molar refractivity (Wildman–Crippen MR) is 106 cm³/mol. The second-order valence-electron chi connectivity index (χ2n) is 6.56. The van der Waals surface area contributed by atoms with Crippen molar-refractivity contribution in [1.82, 2.24) is 0 Å². The number of nitrogens with one attached hydrogen (secondary N) is 2. The van der Waals surface area contributed by atoms with Gasteiger partial charge >= 0.3 is 0 Å². The zero-order valence-electron chi connectivity index (χ0n) is 15.3. The van der Waals surface area contributed by atoms with Crippen LogP contribution in [0.15, 0.2) is 72.8 Å². The molecule has 1 unspecified atom stereocenters. The third kappa shape index (κ3) is 4.74. The van der Waals surface area contributed by atoms with E-state index in [1.807, 2.05) is 37.4 Å². The van der Waals surface area contributed by atoms with Gasteiger partial charge in [-0.15, -0.1) is 0 Å². The Kier molecular flexibility index (Phi) is 6.39. The fourth-order valence-electron chi connectivity index (χ4n) is 3.13. The largest absolute Gasteiger partial charge is 0.321 e. The molecule has 0 heterocycles. The number of likely N-dealkylation sites (N-methyl/N-ethyl adjacent to an activating group) is 1. The molecule has 0 aliphatic rings. The van der Waals surface area contributed by atoms with Crippen molar-refractivity contribution in [2.45, 2.75) is 12.6 Å². The Morgan fingerprint density at radius 2 is 1.68 bits per heavy atom. The molecule has 0 saturated carbocycles. The zero-order valence-corrected chi connectivity index (χ0v) is 16.0. The van der Waals surface area contributed by atoms with Gasteiger partial charge in [-0.2, -0.15) is 0 Å². The lowest BCUT2D eigenvalue weighted by Gasteiger charge is -2.25. The molecule has 0 aromatic heterocycles. The number of benzene rings is 3. The fraction of sp³-hybridized carbons (Fsp3) is 0.136. The van der Waals surface area contributed by atoms with Gasteiger partial charge in [0.15, 0.2) is 6.04 Å². The molecule has 28 heavy (non-hydrogen) atoms. The quantitative estimate of drug-likeness (QED) is 0.643. The van der Waals surface area contributed by atoms with Crippen LogP contribution in [0.2, 0.25) is 5.02 Å². The van der Waals surface area contributed by atoms with Gasteiger partial charge in [-0.25, -0.2) is 8.78 Å². The van der Waals surface area contributed by atoms with Crippen LogP contribution in [0.4, 0.5) is 14.5 Å². The zero-order chi connectivity index (χ0) is 20.1. The molecule has 1 amide bonds. The van der Waals surface area contributed by atoms with Crippen molar-refractivity contribution in [3.63, 3.8) is 0 Å². The molecule has 3 nitrogen and oxygen atoms in total. The molecular weight excluding hydrogens is 382 g/mol. The third-order valence-corrected chi connectivity index (χ3v) is 4.87. The number of hydrogen-bond acceptors (Lipinski definition) is 1. The first-order valence-electron chi connectivity index (χ1n) is 8.82. The molecule has 144 valence electrons. The minimum Gasteiger partial charge on any atom is -0.321 e. The Bertz CT molecular complexity index is 928. The van der Waals surface area contributed by atoms with Crippen molar-refractivity contribution in [1.29, 1.82) is 0 Å². The summed E-state index contributed by atoms with van der Waals surface area (Å²) in [4.78, 5) is 13.8. The van der Waals surface area contributed by atoms with Gasteiger partial charge in [-0.1, -0.05) is 48.0 Å².